The minimum Gasteiger partial charge on any atom is -0.443 e. The normalized spacial score (nSPS) is 19.7. The number of aliphatic hydroxyl groups excluding tert-OH is 3. The van der Waals surface area contributed by atoms with Crippen LogP contribution in [0.2, 0.25) is 0 Å². The molecule has 3 aliphatic heterocycles. The lowest BCUT2D eigenvalue weighted by Gasteiger charge is -2.33. The summed E-state index contributed by atoms with van der Waals surface area (Å²) in [6.45, 7) is 25.3. The van der Waals surface area contributed by atoms with Gasteiger partial charge in [-0.25, -0.2) is 4.98 Å². The number of thiazole rings is 2. The van der Waals surface area contributed by atoms with Gasteiger partial charge >= 0.3 is 0 Å². The van der Waals surface area contributed by atoms with Gasteiger partial charge in [-0.1, -0.05) is 137 Å². The fourth-order valence-electron chi connectivity index (χ4n) is 13.4. The van der Waals surface area contributed by atoms with E-state index in [9.17, 15) is 44.1 Å². The second-order valence-electron chi connectivity index (χ2n) is 29.0. The number of hydrogen-bond acceptors (Lipinski definition) is 21. The summed E-state index contributed by atoms with van der Waals surface area (Å²) in [4.78, 5) is 99.1. The number of β-amino-alcohol motifs (C(OH)–C–C–N with tert-alkyl or cyclic N) is 3. The number of hydrogen-bond donors (Lipinski definition) is 6. The zero-order chi connectivity index (χ0) is 74.2. The maximum Gasteiger partial charge on any atom is 0.243 e. The van der Waals surface area contributed by atoms with E-state index < -0.39 is 65.0 Å². The van der Waals surface area contributed by atoms with E-state index in [2.05, 4.69) is 46.4 Å². The Morgan fingerprint density at radius 2 is 0.932 bits per heavy atom. The van der Waals surface area contributed by atoms with Crippen LogP contribution in [0, 0.1) is 38.5 Å². The number of likely N-dealkylation sites (tertiary alicyclic amines) is 3. The van der Waals surface area contributed by atoms with Gasteiger partial charge in [0.1, 0.15) is 47.2 Å². The number of aryl methyl sites for hydroxylation is 4. The molecular formula is C76H92N12O13S2. The fraction of sp³-hybridized carbons (Fsp3) is 0.447. The van der Waals surface area contributed by atoms with Crippen molar-refractivity contribution in [1.29, 1.82) is 0 Å². The van der Waals surface area contributed by atoms with Crippen LogP contribution in [-0.2, 0) is 35.3 Å². The standard InChI is InChI=1S/C27H34N4O5.C26H32N4O4S.C23H26N4O4S/c1-15-11-22(36-30-15)23(27(4,5)6)26(34)31-13-20(32)12-21(31)25(33)29-16(2)18-7-9-19(10-8-18)24-17(3)28-14-35-24;1-15-10-21(34-29-15)23(26(3,4)5)25(33)30-13-19(31)11-20(30)24(32)28-16(2)17-6-8-18(9-7-17)22-12-27-14-35-22;1-3-18(20-8-14(2)26-31-20)23(30)27-12-17(28)9-19(27)22(29)25-10-15-4-6-16(7-5-15)21-11-24-13-32-21/h7-11,14,16,20-21,23,32H,12-13H2,1-6H3,(H,29,33);6-10,12,14,16,19-20,23,31H,11,13H2,1-5H3,(H,28,32);4-8,11,13,17-19,28H,3,9-10,12H2,1-2H3,(H,25,29)/t16-,20+,21-,23+;16-,19+,20-,23+;17-,18-,19+/m001/s1. The first kappa shape index (κ1) is 76.1. The number of nitrogens with one attached hydrogen (secondary N) is 3. The van der Waals surface area contributed by atoms with Crippen LogP contribution >= 0.6 is 22.7 Å². The highest BCUT2D eigenvalue weighted by molar-refractivity contribution is 7.13. The number of aliphatic hydroxyl groups is 3. The number of rotatable bonds is 19. The number of carbonyl (C=O) groups excluding carboxylic acids is 6. The molecule has 6 aromatic heterocycles. The average molecular weight is 1450 g/mol. The molecule has 3 fully saturated rings. The molecule has 27 heteroatoms. The topological polar surface area (TPSA) is 339 Å². The molecule has 6 amide bonds. The maximum atomic E-state index is 13.7. The van der Waals surface area contributed by atoms with E-state index in [1.807, 2.05) is 154 Å². The third-order valence-corrected chi connectivity index (χ3v) is 20.4. The minimum atomic E-state index is -0.778. The molecule has 6 N–H and O–H groups in total. The number of oxazole rings is 1. The van der Waals surface area contributed by atoms with Gasteiger partial charge in [0.25, 0.3) is 0 Å². The van der Waals surface area contributed by atoms with Gasteiger partial charge in [-0.15, -0.1) is 22.7 Å². The van der Waals surface area contributed by atoms with Gasteiger partial charge in [0, 0.05) is 81.6 Å². The van der Waals surface area contributed by atoms with Crippen molar-refractivity contribution in [3.63, 3.8) is 0 Å². The van der Waals surface area contributed by atoms with E-state index in [0.29, 0.717) is 53.1 Å². The molecule has 0 bridgehead atoms. The van der Waals surface area contributed by atoms with Gasteiger partial charge in [-0.2, -0.15) is 0 Å². The molecule has 546 valence electrons. The van der Waals surface area contributed by atoms with Crippen LogP contribution in [0.4, 0.5) is 0 Å². The Kier molecular flexibility index (Phi) is 24.3. The van der Waals surface area contributed by atoms with Gasteiger partial charge < -0.3 is 64.0 Å². The molecule has 0 unspecified atom stereocenters. The van der Waals surface area contributed by atoms with E-state index in [1.54, 1.807) is 72.7 Å². The van der Waals surface area contributed by atoms with Crippen molar-refractivity contribution in [2.45, 2.75) is 189 Å². The molecule has 0 aliphatic carbocycles. The molecule has 3 saturated heterocycles. The van der Waals surface area contributed by atoms with Crippen molar-refractivity contribution >= 4 is 58.1 Å². The van der Waals surface area contributed by atoms with Gasteiger partial charge in [-0.3, -0.25) is 38.7 Å². The second kappa shape index (κ2) is 32.8. The number of carbonyl (C=O) groups is 6. The van der Waals surface area contributed by atoms with E-state index in [0.717, 1.165) is 48.8 Å². The number of nitrogens with zero attached hydrogens (tertiary/aromatic N) is 9. The molecule has 9 aromatic rings. The van der Waals surface area contributed by atoms with Crippen molar-refractivity contribution in [1.82, 2.24) is 61.1 Å². The van der Waals surface area contributed by atoms with Crippen LogP contribution in [0.15, 0.2) is 139 Å². The SMILES string of the molecule is CC[C@@H](C(=O)N1C[C@H](O)C[C@H]1C(=O)NCc1ccc(-c2cncs2)cc1)c1cc(C)no1.Cc1cc([C@H](C(=O)N2C[C@H](O)C[C@H]2C(=O)N[C@@H](C)c2ccc(-c3cncs3)cc2)C(C)(C)C)on1.Cc1cc([C@H](C(=O)N2C[C@H](O)C[C@H]2C(=O)N[C@@H](C)c2ccc(-c3ocnc3C)cc2)C(C)(C)C)on1. The number of aromatic nitrogens is 6. The highest BCUT2D eigenvalue weighted by atomic mass is 32.1. The molecule has 11 atom stereocenters. The summed E-state index contributed by atoms with van der Waals surface area (Å²) in [6.07, 6.45) is 3.90. The zero-order valence-electron chi connectivity index (χ0n) is 60.3. The van der Waals surface area contributed by atoms with Crippen molar-refractivity contribution < 1.29 is 62.1 Å². The predicted molar refractivity (Wildman–Crippen MR) is 386 cm³/mol. The average Bonchev–Trinajstić information content (AvgIpc) is 1.68. The lowest BCUT2D eigenvalue weighted by molar-refractivity contribution is -0.142. The molecule has 0 radical (unpaired) electrons. The second-order valence-corrected chi connectivity index (χ2v) is 30.7. The first-order chi connectivity index (χ1) is 48.9. The van der Waals surface area contributed by atoms with Gasteiger partial charge in [-0.05, 0) is 86.6 Å². The lowest BCUT2D eigenvalue weighted by atomic mass is 9.78. The number of benzene rings is 3. The summed E-state index contributed by atoms with van der Waals surface area (Å²) in [5, 5.41) is 51.7. The summed E-state index contributed by atoms with van der Waals surface area (Å²) in [5.41, 5.74) is 11.4. The summed E-state index contributed by atoms with van der Waals surface area (Å²) in [7, 11) is 0. The highest BCUT2D eigenvalue weighted by Crippen LogP contribution is 2.41. The van der Waals surface area contributed by atoms with E-state index in [-0.39, 0.29) is 86.4 Å². The van der Waals surface area contributed by atoms with Gasteiger partial charge in [0.2, 0.25) is 35.4 Å². The largest absolute Gasteiger partial charge is 0.443 e. The summed E-state index contributed by atoms with van der Waals surface area (Å²) in [5.74, 6) is -1.25. The van der Waals surface area contributed by atoms with Crippen molar-refractivity contribution in [2.24, 2.45) is 10.8 Å². The lowest BCUT2D eigenvalue weighted by Crippen LogP contribution is -2.49. The van der Waals surface area contributed by atoms with Crippen molar-refractivity contribution in [2.75, 3.05) is 19.6 Å². The fourth-order valence-corrected chi connectivity index (χ4v) is 14.7. The molecular weight excluding hydrogens is 1350 g/mol. The Balaban J connectivity index is 0.000000166. The van der Waals surface area contributed by atoms with Gasteiger partial charge in [0.05, 0.1) is 79.9 Å². The molecule has 0 spiro atoms. The Hall–Kier alpha value is -9.54. The van der Waals surface area contributed by atoms with Crippen LogP contribution in [0.5, 0.6) is 0 Å². The Morgan fingerprint density at radius 1 is 0.544 bits per heavy atom. The van der Waals surface area contributed by atoms with Crippen LogP contribution in [-0.4, -0.2) is 152 Å². The maximum absolute atomic E-state index is 13.7. The first-order valence-corrected chi connectivity index (χ1v) is 36.3. The van der Waals surface area contributed by atoms with Crippen LogP contribution < -0.4 is 16.0 Å². The summed E-state index contributed by atoms with van der Waals surface area (Å²) < 4.78 is 21.7. The Bertz CT molecular complexity index is 4330. The Labute approximate surface area is 606 Å². The summed E-state index contributed by atoms with van der Waals surface area (Å²) in [6, 6.07) is 26.0. The molecule has 12 rings (SSSR count). The molecule has 0 saturated carbocycles. The van der Waals surface area contributed by atoms with E-state index >= 15 is 0 Å². The van der Waals surface area contributed by atoms with Crippen LogP contribution in [0.25, 0.3) is 32.2 Å². The zero-order valence-corrected chi connectivity index (χ0v) is 62.0. The molecule has 25 nitrogen and oxygen atoms in total. The first-order valence-electron chi connectivity index (χ1n) is 34.6. The quantitative estimate of drug-likeness (QED) is 0.0438. The summed E-state index contributed by atoms with van der Waals surface area (Å²) >= 11 is 3.14. The monoisotopic (exact) mass is 1440 g/mol. The minimum absolute atomic E-state index is 0.0935. The molecule has 9 heterocycles. The van der Waals surface area contributed by atoms with Crippen molar-refractivity contribution in [3.05, 3.63) is 178 Å². The third kappa shape index (κ3) is 18.5. The van der Waals surface area contributed by atoms with Crippen molar-refractivity contribution in [3.8, 4) is 32.2 Å². The highest BCUT2D eigenvalue weighted by Gasteiger charge is 2.48. The predicted octanol–water partition coefficient (Wildman–Crippen LogP) is 10.9. The van der Waals surface area contributed by atoms with E-state index in [4.69, 9.17) is 18.0 Å². The smallest absolute Gasteiger partial charge is 0.243 e. The van der Waals surface area contributed by atoms with E-state index in [1.165, 1.54) is 21.1 Å². The van der Waals surface area contributed by atoms with Crippen LogP contribution in [0.3, 0.4) is 0 Å². The third-order valence-electron chi connectivity index (χ3n) is 18.8. The Morgan fingerprint density at radius 3 is 1.29 bits per heavy atom. The molecule has 103 heavy (non-hydrogen) atoms. The van der Waals surface area contributed by atoms with Crippen LogP contribution in [0.1, 0.15) is 175 Å². The molecule has 3 aliphatic rings. The molecule has 3 aromatic carbocycles. The van der Waals surface area contributed by atoms with Gasteiger partial charge in [0.15, 0.2) is 12.2 Å². The number of amides is 6.